The van der Waals surface area contributed by atoms with Crippen LogP contribution in [0.3, 0.4) is 0 Å². The van der Waals surface area contributed by atoms with E-state index in [1.54, 1.807) is 17.0 Å². The van der Waals surface area contributed by atoms with Gasteiger partial charge in [0, 0.05) is 32.1 Å². The predicted molar refractivity (Wildman–Crippen MR) is 94.1 cm³/mol. The molecule has 0 radical (unpaired) electrons. The second-order valence-corrected chi connectivity index (χ2v) is 6.57. The first kappa shape index (κ1) is 16.4. The zero-order chi connectivity index (χ0) is 18.1. The Morgan fingerprint density at radius 1 is 1.15 bits per heavy atom. The first-order chi connectivity index (χ1) is 12.6. The molecule has 1 aliphatic heterocycles. The van der Waals surface area contributed by atoms with Crippen molar-refractivity contribution >= 4 is 23.5 Å². The maximum Gasteiger partial charge on any atom is 0.302 e. The van der Waals surface area contributed by atoms with E-state index < -0.39 is 0 Å². The number of aromatic hydroxyl groups is 1. The number of rotatable bonds is 4. The van der Waals surface area contributed by atoms with Crippen molar-refractivity contribution in [1.82, 2.24) is 9.88 Å². The second-order valence-electron chi connectivity index (χ2n) is 6.57. The molecule has 0 atom stereocenters. The Bertz CT molecular complexity index is 822. The van der Waals surface area contributed by atoms with Gasteiger partial charge >= 0.3 is 6.01 Å². The summed E-state index contributed by atoms with van der Waals surface area (Å²) < 4.78 is 5.20. The van der Waals surface area contributed by atoms with Gasteiger partial charge in [-0.15, -0.1) is 0 Å². The number of oxazole rings is 1. The Kier molecular flexibility index (Phi) is 4.24. The lowest BCUT2D eigenvalue weighted by Crippen LogP contribution is -2.48. The number of nitrogens with one attached hydrogen (secondary N) is 1. The molecule has 1 saturated heterocycles. The van der Waals surface area contributed by atoms with Gasteiger partial charge in [0.2, 0.25) is 5.91 Å². The van der Waals surface area contributed by atoms with E-state index in [4.69, 9.17) is 4.42 Å². The number of carbonyl (C=O) groups excluding carboxylic acids is 2. The molecule has 2 fully saturated rings. The highest BCUT2D eigenvalue weighted by atomic mass is 16.4. The number of phenolic OH excluding ortho intramolecular Hbond substituents is 1. The molecule has 8 nitrogen and oxygen atoms in total. The van der Waals surface area contributed by atoms with Gasteiger partial charge in [-0.05, 0) is 25.0 Å². The number of piperazine rings is 1. The Morgan fingerprint density at radius 3 is 2.58 bits per heavy atom. The van der Waals surface area contributed by atoms with Crippen molar-refractivity contribution in [2.45, 2.75) is 12.8 Å². The van der Waals surface area contributed by atoms with E-state index in [1.165, 1.54) is 6.26 Å². The van der Waals surface area contributed by atoms with E-state index in [0.717, 1.165) is 18.5 Å². The van der Waals surface area contributed by atoms with Crippen molar-refractivity contribution < 1.29 is 19.1 Å². The third-order valence-electron chi connectivity index (χ3n) is 4.69. The van der Waals surface area contributed by atoms with Crippen LogP contribution in [0.4, 0.5) is 11.7 Å². The molecular formula is C18H20N4O4. The summed E-state index contributed by atoms with van der Waals surface area (Å²) in [5, 5.41) is 12.5. The number of phenols is 1. The predicted octanol–water partition coefficient (Wildman–Crippen LogP) is 1.69. The van der Waals surface area contributed by atoms with Gasteiger partial charge in [0.25, 0.3) is 5.91 Å². The Balaban J connectivity index is 1.35. The quantitative estimate of drug-likeness (QED) is 0.865. The molecule has 0 unspecified atom stereocenters. The fraction of sp³-hybridized carbons (Fsp3) is 0.389. The summed E-state index contributed by atoms with van der Waals surface area (Å²) in [6.45, 7) is 2.27. The van der Waals surface area contributed by atoms with Crippen molar-refractivity contribution in [2.75, 3.05) is 36.4 Å². The Hall–Kier alpha value is -3.03. The minimum Gasteiger partial charge on any atom is -0.506 e. The first-order valence-corrected chi connectivity index (χ1v) is 8.70. The second kappa shape index (κ2) is 6.70. The van der Waals surface area contributed by atoms with Crippen molar-refractivity contribution in [3.8, 4) is 5.75 Å². The molecule has 4 rings (SSSR count). The standard InChI is InChI=1S/C18H20N4O4/c23-15-4-2-1-3-14(15)21-7-9-22(10-8-21)17(25)13-11-26-18(19-13)20-16(24)12-5-6-12/h1-4,11-12,23H,5-10H2,(H,19,20,24). The number of hydrogen-bond donors (Lipinski definition) is 2. The molecule has 2 N–H and O–H groups in total. The highest BCUT2D eigenvalue weighted by Gasteiger charge is 2.31. The van der Waals surface area contributed by atoms with Gasteiger partial charge in [0.05, 0.1) is 5.69 Å². The average molecular weight is 356 g/mol. The molecule has 1 aliphatic carbocycles. The number of para-hydroxylation sites is 2. The van der Waals surface area contributed by atoms with E-state index in [9.17, 15) is 14.7 Å². The van der Waals surface area contributed by atoms with Crippen LogP contribution in [-0.4, -0.2) is 53.0 Å². The summed E-state index contributed by atoms with van der Waals surface area (Å²) in [4.78, 5) is 32.1. The smallest absolute Gasteiger partial charge is 0.302 e. The zero-order valence-corrected chi connectivity index (χ0v) is 14.2. The van der Waals surface area contributed by atoms with Crippen LogP contribution in [0.2, 0.25) is 0 Å². The summed E-state index contributed by atoms with van der Waals surface area (Å²) in [6, 6.07) is 7.24. The number of amides is 2. The van der Waals surface area contributed by atoms with E-state index in [1.807, 2.05) is 17.0 Å². The molecule has 0 spiro atoms. The van der Waals surface area contributed by atoms with Gasteiger partial charge in [-0.25, -0.2) is 0 Å². The van der Waals surface area contributed by atoms with Gasteiger partial charge in [-0.3, -0.25) is 14.9 Å². The summed E-state index contributed by atoms with van der Waals surface area (Å²) >= 11 is 0. The molecule has 26 heavy (non-hydrogen) atoms. The molecule has 2 amide bonds. The number of hydrogen-bond acceptors (Lipinski definition) is 6. The van der Waals surface area contributed by atoms with Crippen LogP contribution in [0.25, 0.3) is 0 Å². The topological polar surface area (TPSA) is 98.9 Å². The lowest BCUT2D eigenvalue weighted by atomic mass is 10.2. The highest BCUT2D eigenvalue weighted by Crippen LogP contribution is 2.30. The molecule has 1 saturated carbocycles. The lowest BCUT2D eigenvalue weighted by molar-refractivity contribution is -0.117. The lowest BCUT2D eigenvalue weighted by Gasteiger charge is -2.35. The van der Waals surface area contributed by atoms with Gasteiger partial charge < -0.3 is 19.3 Å². The molecule has 1 aromatic carbocycles. The van der Waals surface area contributed by atoms with Gasteiger partial charge in [-0.1, -0.05) is 12.1 Å². The van der Waals surface area contributed by atoms with Crippen LogP contribution in [0.1, 0.15) is 23.3 Å². The van der Waals surface area contributed by atoms with Crippen LogP contribution in [-0.2, 0) is 4.79 Å². The van der Waals surface area contributed by atoms with Crippen molar-refractivity contribution in [3.63, 3.8) is 0 Å². The fourth-order valence-electron chi connectivity index (χ4n) is 3.03. The normalized spacial score (nSPS) is 17.2. The molecule has 1 aromatic heterocycles. The van der Waals surface area contributed by atoms with Gasteiger partial charge in [0.15, 0.2) is 5.69 Å². The minimum atomic E-state index is -0.224. The number of benzene rings is 1. The zero-order valence-electron chi connectivity index (χ0n) is 14.2. The van der Waals surface area contributed by atoms with E-state index in [2.05, 4.69) is 10.3 Å². The molecule has 2 aliphatic rings. The maximum absolute atomic E-state index is 12.6. The fourth-order valence-corrected chi connectivity index (χ4v) is 3.03. The Morgan fingerprint density at radius 2 is 1.88 bits per heavy atom. The molecule has 8 heteroatoms. The summed E-state index contributed by atoms with van der Waals surface area (Å²) in [5.74, 6) is -0.0527. The van der Waals surface area contributed by atoms with E-state index in [0.29, 0.717) is 26.2 Å². The average Bonchev–Trinajstić information content (AvgIpc) is 3.42. The third-order valence-corrected chi connectivity index (χ3v) is 4.69. The minimum absolute atomic E-state index is 0.0449. The van der Waals surface area contributed by atoms with Gasteiger partial charge in [-0.2, -0.15) is 4.98 Å². The van der Waals surface area contributed by atoms with Crippen LogP contribution in [0.15, 0.2) is 34.9 Å². The monoisotopic (exact) mass is 356 g/mol. The molecule has 0 bridgehead atoms. The van der Waals surface area contributed by atoms with Crippen molar-refractivity contribution in [2.24, 2.45) is 5.92 Å². The van der Waals surface area contributed by atoms with E-state index in [-0.39, 0.29) is 35.2 Å². The molecule has 136 valence electrons. The molecular weight excluding hydrogens is 336 g/mol. The first-order valence-electron chi connectivity index (χ1n) is 8.70. The molecule has 2 aromatic rings. The van der Waals surface area contributed by atoms with Gasteiger partial charge in [0.1, 0.15) is 12.0 Å². The third kappa shape index (κ3) is 3.35. The van der Waals surface area contributed by atoms with Crippen molar-refractivity contribution in [3.05, 3.63) is 36.2 Å². The largest absolute Gasteiger partial charge is 0.506 e. The SMILES string of the molecule is O=C(Nc1nc(C(=O)N2CCN(c3ccccc3O)CC2)co1)C1CC1. The number of carbonyl (C=O) groups is 2. The van der Waals surface area contributed by atoms with Crippen LogP contribution >= 0.6 is 0 Å². The van der Waals surface area contributed by atoms with Crippen LogP contribution in [0.5, 0.6) is 5.75 Å². The van der Waals surface area contributed by atoms with E-state index >= 15 is 0 Å². The Labute approximate surface area is 150 Å². The van der Waals surface area contributed by atoms with Crippen molar-refractivity contribution in [1.29, 1.82) is 0 Å². The molecule has 2 heterocycles. The van der Waals surface area contributed by atoms with Crippen LogP contribution in [0, 0.1) is 5.92 Å². The number of nitrogens with zero attached hydrogens (tertiary/aromatic N) is 3. The number of anilines is 2. The number of aromatic nitrogens is 1. The highest BCUT2D eigenvalue weighted by molar-refractivity contribution is 5.95. The maximum atomic E-state index is 12.6. The summed E-state index contributed by atoms with van der Waals surface area (Å²) in [7, 11) is 0. The summed E-state index contributed by atoms with van der Waals surface area (Å²) in [5.41, 5.74) is 0.957. The van der Waals surface area contributed by atoms with Crippen LogP contribution < -0.4 is 10.2 Å². The summed E-state index contributed by atoms with van der Waals surface area (Å²) in [6.07, 6.45) is 3.05.